The van der Waals surface area contributed by atoms with E-state index >= 15 is 0 Å². The summed E-state index contributed by atoms with van der Waals surface area (Å²) in [5.74, 6) is -0.124. The topological polar surface area (TPSA) is 79.2 Å². The number of thioether (sulfide) groups is 1. The number of nitrogens with zero attached hydrogens (tertiary/aromatic N) is 1. The number of anilines is 2. The van der Waals surface area contributed by atoms with E-state index in [2.05, 4.69) is 18.6 Å². The molecule has 39 heavy (non-hydrogen) atoms. The van der Waals surface area contributed by atoms with Gasteiger partial charge < -0.3 is 14.4 Å². The summed E-state index contributed by atoms with van der Waals surface area (Å²) in [6.07, 6.45) is 2.52. The molecule has 0 fully saturated rings. The highest BCUT2D eigenvalue weighted by Gasteiger charge is 2.43. The Morgan fingerprint density at radius 3 is 2.23 bits per heavy atom. The summed E-state index contributed by atoms with van der Waals surface area (Å²) >= 11 is 1.36. The number of hydrogen-bond acceptors (Lipinski definition) is 7. The summed E-state index contributed by atoms with van der Waals surface area (Å²) < 4.78 is 73.8. The van der Waals surface area contributed by atoms with Gasteiger partial charge in [-0.1, -0.05) is 39.5 Å². The fraction of sp³-hybridized carbons (Fsp3) is 0.536. The van der Waals surface area contributed by atoms with Crippen LogP contribution in [-0.4, -0.2) is 47.3 Å². The number of alkyl halides is 3. The van der Waals surface area contributed by atoms with Crippen molar-refractivity contribution in [3.8, 4) is 5.75 Å². The Kier molecular flexibility index (Phi) is 10.5. The normalized spacial score (nSPS) is 17.2. The van der Waals surface area contributed by atoms with Crippen molar-refractivity contribution in [2.24, 2.45) is 5.41 Å². The Morgan fingerprint density at radius 1 is 1.10 bits per heavy atom. The largest absolute Gasteiger partial charge is 0.481 e. The van der Waals surface area contributed by atoms with Crippen LogP contribution in [0.15, 0.2) is 46.2 Å². The number of carbonyl (C=O) groups is 1. The van der Waals surface area contributed by atoms with E-state index in [0.717, 1.165) is 50.7 Å². The first kappa shape index (κ1) is 31.4. The Hall–Kier alpha value is -2.08. The van der Waals surface area contributed by atoms with E-state index in [1.807, 2.05) is 11.2 Å². The maximum absolute atomic E-state index is 13.3. The average Bonchev–Trinajstić information content (AvgIpc) is 3.00. The summed E-state index contributed by atoms with van der Waals surface area (Å²) in [5, 5.41) is 0. The molecule has 218 valence electrons. The van der Waals surface area contributed by atoms with E-state index in [-0.39, 0.29) is 17.3 Å². The number of carbonyl (C=O) groups excluding carboxylic acids is 1. The van der Waals surface area contributed by atoms with Gasteiger partial charge in [-0.05, 0) is 49.4 Å². The number of hydrogen-bond donors (Lipinski definition) is 2. The second kappa shape index (κ2) is 13.1. The molecule has 2 aromatic carbocycles. The van der Waals surface area contributed by atoms with E-state index in [1.54, 1.807) is 12.1 Å². The molecule has 0 saturated heterocycles. The second-order valence-corrected chi connectivity index (χ2v) is 12.9. The summed E-state index contributed by atoms with van der Waals surface area (Å²) in [5.41, 5.74) is -0.169. The first-order valence-electron chi connectivity index (χ1n) is 13.0. The van der Waals surface area contributed by atoms with Crippen molar-refractivity contribution in [1.82, 2.24) is 0 Å². The van der Waals surface area contributed by atoms with E-state index in [0.29, 0.717) is 28.6 Å². The molecular formula is C28H38F3NO5S2. The predicted octanol–water partition coefficient (Wildman–Crippen LogP) is 8.61. The number of fused-ring (bicyclic) bond motifs is 1. The highest BCUT2D eigenvalue weighted by Crippen LogP contribution is 2.62. The minimum atomic E-state index is -4.46. The molecular weight excluding hydrogens is 551 g/mol. The number of unbranched alkanes of at least 4 members (excludes halogenated alkanes) is 2. The van der Waals surface area contributed by atoms with Crippen LogP contribution in [0.4, 0.5) is 24.5 Å². The van der Waals surface area contributed by atoms with Crippen molar-refractivity contribution in [2.45, 2.75) is 68.3 Å². The lowest BCUT2D eigenvalue weighted by atomic mass is 9.79. The second-order valence-electron chi connectivity index (χ2n) is 9.98. The van der Waals surface area contributed by atoms with Crippen LogP contribution in [-0.2, 0) is 15.7 Å². The molecule has 0 unspecified atom stereocenters. The first-order chi connectivity index (χ1) is 18.4. The van der Waals surface area contributed by atoms with Gasteiger partial charge in [0.15, 0.2) is 6.61 Å². The number of methoxy groups -OCH3 is 1. The van der Waals surface area contributed by atoms with E-state index < -0.39 is 33.7 Å². The van der Waals surface area contributed by atoms with Gasteiger partial charge >= 0.3 is 12.1 Å². The lowest BCUT2D eigenvalue weighted by Crippen LogP contribution is -2.38. The molecule has 0 radical (unpaired) electrons. The van der Waals surface area contributed by atoms with E-state index in [1.165, 1.54) is 31.0 Å². The molecule has 0 aliphatic carbocycles. The summed E-state index contributed by atoms with van der Waals surface area (Å²) in [6.45, 7) is 4.25. The van der Waals surface area contributed by atoms with E-state index in [9.17, 15) is 27.1 Å². The van der Waals surface area contributed by atoms with Crippen molar-refractivity contribution in [3.05, 3.63) is 42.0 Å². The van der Waals surface area contributed by atoms with Crippen LogP contribution in [0.1, 0.15) is 57.9 Å². The lowest BCUT2D eigenvalue weighted by molar-refractivity contribution is -0.143. The minimum Gasteiger partial charge on any atom is -0.481 e. The Balaban J connectivity index is 2.22. The Morgan fingerprint density at radius 2 is 1.72 bits per heavy atom. The zero-order valence-corrected chi connectivity index (χ0v) is 24.5. The molecule has 0 amide bonds. The molecule has 0 aromatic heterocycles. The highest BCUT2D eigenvalue weighted by atomic mass is 32.3. The third-order valence-corrected chi connectivity index (χ3v) is 9.90. The van der Waals surface area contributed by atoms with Crippen molar-refractivity contribution in [2.75, 3.05) is 37.2 Å². The van der Waals surface area contributed by atoms with Crippen LogP contribution in [0.5, 0.6) is 5.75 Å². The fourth-order valence-corrected chi connectivity index (χ4v) is 7.77. The van der Waals surface area contributed by atoms with Crippen molar-refractivity contribution in [3.63, 3.8) is 0 Å². The Bertz CT molecular complexity index is 1120. The van der Waals surface area contributed by atoms with Crippen LogP contribution in [0.3, 0.4) is 0 Å². The van der Waals surface area contributed by atoms with Crippen LogP contribution in [0, 0.1) is 5.41 Å². The average molecular weight is 590 g/mol. The molecule has 6 nitrogen and oxygen atoms in total. The summed E-state index contributed by atoms with van der Waals surface area (Å²) in [4.78, 5) is 14.6. The molecule has 0 spiro atoms. The van der Waals surface area contributed by atoms with E-state index in [4.69, 9.17) is 4.74 Å². The molecule has 11 heteroatoms. The van der Waals surface area contributed by atoms with Crippen molar-refractivity contribution in [1.29, 1.82) is 0 Å². The molecule has 1 heterocycles. The maximum Gasteiger partial charge on any atom is 0.416 e. The Labute approximate surface area is 234 Å². The van der Waals surface area contributed by atoms with Crippen molar-refractivity contribution >= 4 is 39.7 Å². The summed E-state index contributed by atoms with van der Waals surface area (Å²) in [6, 6.07) is 8.32. The summed E-state index contributed by atoms with van der Waals surface area (Å²) in [7, 11) is -2.09. The maximum atomic E-state index is 13.3. The van der Waals surface area contributed by atoms with Crippen LogP contribution in [0.25, 0.3) is 0 Å². The van der Waals surface area contributed by atoms with Gasteiger partial charge in [0, 0.05) is 29.5 Å². The molecule has 2 aromatic rings. The van der Waals surface area contributed by atoms with Gasteiger partial charge in [-0.3, -0.25) is 9.11 Å². The molecule has 1 aliphatic rings. The van der Waals surface area contributed by atoms with Gasteiger partial charge in [-0.25, -0.2) is 4.79 Å². The molecule has 3 rings (SSSR count). The minimum absolute atomic E-state index is 0.138. The first-order valence-corrected chi connectivity index (χ1v) is 16.0. The number of esters is 1. The van der Waals surface area contributed by atoms with Crippen LogP contribution in [0.2, 0.25) is 0 Å². The molecule has 0 atom stereocenters. The van der Waals surface area contributed by atoms with Gasteiger partial charge in [0.05, 0.1) is 28.2 Å². The monoisotopic (exact) mass is 589 g/mol. The van der Waals surface area contributed by atoms with Gasteiger partial charge in [0.1, 0.15) is 5.75 Å². The third-order valence-electron chi connectivity index (χ3n) is 7.09. The highest BCUT2D eigenvalue weighted by molar-refractivity contribution is 8.24. The zero-order chi connectivity index (χ0) is 28.8. The molecule has 2 N–H and O–H groups in total. The number of benzene rings is 2. The van der Waals surface area contributed by atoms with Gasteiger partial charge in [-0.15, -0.1) is 11.8 Å². The van der Waals surface area contributed by atoms with Gasteiger partial charge in [0.25, 0.3) is 0 Å². The lowest BCUT2D eigenvalue weighted by Gasteiger charge is -2.42. The van der Waals surface area contributed by atoms with Crippen molar-refractivity contribution < 1.29 is 36.5 Å². The molecule has 1 aliphatic heterocycles. The predicted molar refractivity (Wildman–Crippen MR) is 152 cm³/mol. The number of halogens is 3. The van der Waals surface area contributed by atoms with Gasteiger partial charge in [-0.2, -0.15) is 23.8 Å². The zero-order valence-electron chi connectivity index (χ0n) is 22.8. The molecule has 0 bridgehead atoms. The standard InChI is InChI=1S/C28H38F3NO5S2/c1-5-7-13-27(14-8-6-2)18-32(21-11-9-20(10-12-21)28(29,30)31)22-15-24(38-4)23(37-17-26(33)36-3)16-25(22)39(34,35)19-27/h9-12,15-16,34-35H,5-8,13-14,17-19H2,1-4H3. The third kappa shape index (κ3) is 7.56. The van der Waals surface area contributed by atoms with Crippen LogP contribution < -0.4 is 9.64 Å². The van der Waals surface area contributed by atoms with Gasteiger partial charge in [0.2, 0.25) is 0 Å². The number of ether oxygens (including phenoxy) is 2. The molecule has 0 saturated carbocycles. The number of rotatable bonds is 11. The SMILES string of the molecule is CCCCC1(CCCC)CN(c2ccc(C(F)(F)F)cc2)c2cc(SC)c(OCC(=O)OC)cc2S(O)(O)C1. The fourth-order valence-electron chi connectivity index (χ4n) is 5.03. The van der Waals surface area contributed by atoms with Crippen LogP contribution >= 0.6 is 22.4 Å². The smallest absolute Gasteiger partial charge is 0.416 e. The quantitative estimate of drug-likeness (QED) is 0.201.